The van der Waals surface area contributed by atoms with Crippen molar-refractivity contribution in [2.75, 3.05) is 12.3 Å². The summed E-state index contributed by atoms with van der Waals surface area (Å²) < 4.78 is 22.2. The van der Waals surface area contributed by atoms with Gasteiger partial charge in [0, 0.05) is 5.75 Å². The van der Waals surface area contributed by atoms with Crippen molar-refractivity contribution in [1.82, 2.24) is 0 Å². The first-order valence-electron chi connectivity index (χ1n) is 1.65. The molecule has 0 saturated carbocycles. The van der Waals surface area contributed by atoms with Gasteiger partial charge in [-0.05, 0) is 0 Å². The Labute approximate surface area is 48.9 Å². The van der Waals surface area contributed by atoms with Gasteiger partial charge in [0.25, 0.3) is 0 Å². The SMILES string of the molecule is O=S(=O)=NCCS. The van der Waals surface area contributed by atoms with Gasteiger partial charge in [0.05, 0.1) is 6.54 Å². The number of hydrogen-bond acceptors (Lipinski definition) is 4. The van der Waals surface area contributed by atoms with Crippen LogP contribution in [-0.2, 0) is 10.5 Å². The van der Waals surface area contributed by atoms with Gasteiger partial charge in [-0.3, -0.25) is 0 Å². The first-order valence-corrected chi connectivity index (χ1v) is 3.31. The van der Waals surface area contributed by atoms with E-state index in [4.69, 9.17) is 0 Å². The van der Waals surface area contributed by atoms with Crippen LogP contribution in [0.15, 0.2) is 4.36 Å². The lowest BCUT2D eigenvalue weighted by Crippen LogP contribution is -1.76. The molecule has 0 aliphatic carbocycles. The Morgan fingerprint density at radius 2 is 2.14 bits per heavy atom. The lowest BCUT2D eigenvalue weighted by atomic mass is 10.8. The normalized spacial score (nSPS) is 8.14. The highest BCUT2D eigenvalue weighted by Crippen LogP contribution is 1.72. The summed E-state index contributed by atoms with van der Waals surface area (Å²) in [6, 6.07) is 0. The minimum absolute atomic E-state index is 0.277. The van der Waals surface area contributed by atoms with E-state index in [0.29, 0.717) is 5.75 Å². The third-order valence-corrected chi connectivity index (χ3v) is 0.890. The van der Waals surface area contributed by atoms with Gasteiger partial charge in [0.1, 0.15) is 0 Å². The van der Waals surface area contributed by atoms with Crippen molar-refractivity contribution in [3.63, 3.8) is 0 Å². The average molecular weight is 139 g/mol. The Hall–Kier alpha value is -0.0300. The second kappa shape index (κ2) is 4.14. The van der Waals surface area contributed by atoms with E-state index in [0.717, 1.165) is 0 Å². The molecule has 0 saturated heterocycles. The van der Waals surface area contributed by atoms with Crippen LogP contribution in [0.2, 0.25) is 0 Å². The second-order valence-electron chi connectivity index (χ2n) is 0.793. The molecule has 0 aliphatic heterocycles. The second-order valence-corrected chi connectivity index (χ2v) is 1.93. The van der Waals surface area contributed by atoms with Crippen molar-refractivity contribution in [3.05, 3.63) is 0 Å². The van der Waals surface area contributed by atoms with Crippen molar-refractivity contribution in [2.45, 2.75) is 0 Å². The zero-order valence-corrected chi connectivity index (χ0v) is 5.24. The minimum atomic E-state index is -2.24. The molecule has 0 atom stereocenters. The fourth-order valence-corrected chi connectivity index (χ4v) is 0.591. The maximum Gasteiger partial charge on any atom is 0.311 e. The van der Waals surface area contributed by atoms with Crippen molar-refractivity contribution in [3.8, 4) is 0 Å². The molecule has 0 N–H and O–H groups in total. The first-order chi connectivity index (χ1) is 3.27. The third-order valence-electron chi connectivity index (χ3n) is 0.297. The van der Waals surface area contributed by atoms with Crippen LogP contribution in [0.4, 0.5) is 0 Å². The summed E-state index contributed by atoms with van der Waals surface area (Å²) in [5.41, 5.74) is 0. The third kappa shape index (κ3) is 5.97. The number of hydrogen-bond donors (Lipinski definition) is 1. The molecule has 5 heteroatoms. The summed E-state index contributed by atoms with van der Waals surface area (Å²) in [4.78, 5) is 0. The molecule has 0 rings (SSSR count). The van der Waals surface area contributed by atoms with Crippen LogP contribution in [0.5, 0.6) is 0 Å². The van der Waals surface area contributed by atoms with E-state index in [1.807, 2.05) is 0 Å². The predicted octanol–water partition coefficient (Wildman–Crippen LogP) is -0.0211. The summed E-state index contributed by atoms with van der Waals surface area (Å²) in [6.45, 7) is 0.277. The lowest BCUT2D eigenvalue weighted by molar-refractivity contribution is 0.621. The highest BCUT2D eigenvalue weighted by molar-refractivity contribution is 7.80. The van der Waals surface area contributed by atoms with Gasteiger partial charge in [-0.1, -0.05) is 0 Å². The van der Waals surface area contributed by atoms with E-state index < -0.39 is 10.5 Å². The molecule has 0 aliphatic rings. The highest BCUT2D eigenvalue weighted by atomic mass is 32.2. The van der Waals surface area contributed by atoms with Crippen LogP contribution >= 0.6 is 12.6 Å². The van der Waals surface area contributed by atoms with Crippen LogP contribution in [0.25, 0.3) is 0 Å². The van der Waals surface area contributed by atoms with E-state index >= 15 is 0 Å². The molecule has 0 aromatic carbocycles. The number of thiol groups is 1. The maximum absolute atomic E-state index is 9.56. The van der Waals surface area contributed by atoms with E-state index in [1.54, 1.807) is 0 Å². The van der Waals surface area contributed by atoms with E-state index in [-0.39, 0.29) is 6.54 Å². The molecular formula is C2H5NO2S2. The summed E-state index contributed by atoms with van der Waals surface area (Å²) in [5, 5.41) is 0. The first kappa shape index (κ1) is 6.97. The molecule has 3 nitrogen and oxygen atoms in total. The molecule has 0 bridgehead atoms. The predicted molar refractivity (Wildman–Crippen MR) is 30.1 cm³/mol. The quantitative estimate of drug-likeness (QED) is 0.546. The lowest BCUT2D eigenvalue weighted by Gasteiger charge is -1.71. The van der Waals surface area contributed by atoms with Crippen LogP contribution in [-0.4, -0.2) is 20.7 Å². The Kier molecular flexibility index (Phi) is 4.12. The van der Waals surface area contributed by atoms with Gasteiger partial charge >= 0.3 is 10.5 Å². The van der Waals surface area contributed by atoms with E-state index in [9.17, 15) is 8.42 Å². The standard InChI is InChI=1S/C2H5NO2S2/c4-7(5)3-1-2-6/h6H,1-2H2. The largest absolute Gasteiger partial charge is 0.311 e. The fraction of sp³-hybridized carbons (Fsp3) is 1.00. The molecule has 0 aromatic heterocycles. The van der Waals surface area contributed by atoms with Gasteiger partial charge in [-0.2, -0.15) is 25.4 Å². The van der Waals surface area contributed by atoms with Gasteiger partial charge < -0.3 is 0 Å². The summed E-state index contributed by atoms with van der Waals surface area (Å²) in [6.07, 6.45) is 0. The van der Waals surface area contributed by atoms with Crippen LogP contribution < -0.4 is 0 Å². The van der Waals surface area contributed by atoms with Gasteiger partial charge in [0.2, 0.25) is 0 Å². The fourth-order valence-electron chi connectivity index (χ4n) is 0.115. The van der Waals surface area contributed by atoms with Gasteiger partial charge in [-0.25, -0.2) is 0 Å². The van der Waals surface area contributed by atoms with E-state index in [2.05, 4.69) is 17.0 Å². The zero-order valence-electron chi connectivity index (χ0n) is 3.53. The molecule has 0 fully saturated rings. The van der Waals surface area contributed by atoms with E-state index in [1.165, 1.54) is 0 Å². The molecule has 0 spiro atoms. The summed E-state index contributed by atoms with van der Waals surface area (Å²) in [7, 11) is -2.24. The van der Waals surface area contributed by atoms with Gasteiger partial charge in [0.15, 0.2) is 0 Å². The van der Waals surface area contributed by atoms with Crippen LogP contribution in [0.3, 0.4) is 0 Å². The summed E-state index contributed by atoms with van der Waals surface area (Å²) >= 11 is 3.73. The summed E-state index contributed by atoms with van der Waals surface area (Å²) in [5.74, 6) is 0.480. The molecule has 0 radical (unpaired) electrons. The molecular weight excluding hydrogens is 134 g/mol. The van der Waals surface area contributed by atoms with Crippen molar-refractivity contribution in [2.24, 2.45) is 4.36 Å². The Morgan fingerprint density at radius 3 is 2.29 bits per heavy atom. The molecule has 0 aromatic rings. The van der Waals surface area contributed by atoms with Crippen molar-refractivity contribution < 1.29 is 8.42 Å². The average Bonchev–Trinajstić information content (AvgIpc) is 1.61. The van der Waals surface area contributed by atoms with Crippen LogP contribution in [0.1, 0.15) is 0 Å². The Balaban J connectivity index is 3.49. The van der Waals surface area contributed by atoms with Crippen molar-refractivity contribution >= 4 is 23.1 Å². The number of rotatable bonds is 2. The smallest absolute Gasteiger partial charge is 0.177 e. The molecule has 0 amide bonds. The maximum atomic E-state index is 9.56. The molecule has 0 unspecified atom stereocenters. The number of nitrogens with zero attached hydrogens (tertiary/aromatic N) is 1. The van der Waals surface area contributed by atoms with Gasteiger partial charge in [-0.15, -0.1) is 0 Å². The highest BCUT2D eigenvalue weighted by Gasteiger charge is 1.71. The van der Waals surface area contributed by atoms with Crippen LogP contribution in [0, 0.1) is 0 Å². The topological polar surface area (TPSA) is 46.5 Å². The molecule has 7 heavy (non-hydrogen) atoms. The van der Waals surface area contributed by atoms with Crippen molar-refractivity contribution in [1.29, 1.82) is 0 Å². The molecule has 0 heterocycles. The molecule has 42 valence electrons. The minimum Gasteiger partial charge on any atom is -0.177 e. The Morgan fingerprint density at radius 1 is 1.57 bits per heavy atom. The monoisotopic (exact) mass is 139 g/mol. The Bertz CT molecular complexity index is 139. The zero-order chi connectivity index (χ0) is 5.70.